The molecule has 6 nitrogen and oxygen atoms in total. The van der Waals surface area contributed by atoms with Crippen LogP contribution in [0.3, 0.4) is 0 Å². The monoisotopic (exact) mass is 542 g/mol. The van der Waals surface area contributed by atoms with Crippen molar-refractivity contribution in [2.24, 2.45) is 0 Å². The van der Waals surface area contributed by atoms with E-state index in [4.69, 9.17) is 32.7 Å². The van der Waals surface area contributed by atoms with E-state index in [1.807, 2.05) is 42.5 Å². The molecule has 2 fully saturated rings. The summed E-state index contributed by atoms with van der Waals surface area (Å²) in [5.41, 5.74) is 0.823. The van der Waals surface area contributed by atoms with E-state index < -0.39 is 12.0 Å². The molecule has 2 aliphatic rings. The Hall–Kier alpha value is -2.51. The number of nitrogens with zero attached hydrogens (tertiary/aromatic N) is 2. The lowest BCUT2D eigenvalue weighted by atomic mass is 9.95. The van der Waals surface area contributed by atoms with Crippen LogP contribution >= 0.6 is 23.2 Å². The maximum atomic E-state index is 12.3. The molecule has 3 aromatic rings. The molecule has 8 heteroatoms. The highest BCUT2D eigenvalue weighted by Crippen LogP contribution is 2.32. The van der Waals surface area contributed by atoms with Crippen LogP contribution in [0.4, 0.5) is 0 Å². The van der Waals surface area contributed by atoms with Crippen LogP contribution < -0.4 is 9.47 Å². The number of likely N-dealkylation sites (tertiary alicyclic amines) is 2. The second-order valence-electron chi connectivity index (χ2n) is 9.91. The summed E-state index contributed by atoms with van der Waals surface area (Å²) in [4.78, 5) is 17.0. The molecule has 0 saturated carbocycles. The third-order valence-electron chi connectivity index (χ3n) is 7.67. The van der Waals surface area contributed by atoms with Gasteiger partial charge in [-0.05, 0) is 72.4 Å². The fourth-order valence-corrected chi connectivity index (χ4v) is 5.95. The van der Waals surface area contributed by atoms with E-state index in [1.165, 1.54) is 0 Å². The minimum absolute atomic E-state index is 0.165. The van der Waals surface area contributed by atoms with Gasteiger partial charge in [-0.25, -0.2) is 0 Å². The Balaban J connectivity index is 1.17. The highest BCUT2D eigenvalue weighted by molar-refractivity contribution is 6.42. The number of fused-ring (bicyclic) bond motifs is 1. The number of carbonyl (C=O) groups is 1. The minimum atomic E-state index is -0.799. The number of methoxy groups -OCH3 is 1. The van der Waals surface area contributed by atoms with Gasteiger partial charge in [-0.3, -0.25) is 9.69 Å². The first-order valence-corrected chi connectivity index (χ1v) is 13.6. The van der Waals surface area contributed by atoms with Crippen molar-refractivity contribution in [3.05, 3.63) is 70.2 Å². The maximum absolute atomic E-state index is 12.3. The highest BCUT2D eigenvalue weighted by Gasteiger charge is 2.34. The summed E-state index contributed by atoms with van der Waals surface area (Å²) in [6, 6.07) is 17.0. The molecule has 0 amide bonds. The molecule has 2 saturated heterocycles. The predicted molar refractivity (Wildman–Crippen MR) is 147 cm³/mol. The van der Waals surface area contributed by atoms with Gasteiger partial charge < -0.3 is 19.5 Å². The summed E-state index contributed by atoms with van der Waals surface area (Å²) in [5.74, 6) is 0.752. The summed E-state index contributed by atoms with van der Waals surface area (Å²) in [5, 5.41) is 13.2. The summed E-state index contributed by atoms with van der Waals surface area (Å²) < 4.78 is 11.5. The molecular weight excluding hydrogens is 511 g/mol. The van der Waals surface area contributed by atoms with Gasteiger partial charge in [-0.2, -0.15) is 0 Å². The first-order chi connectivity index (χ1) is 17.9. The second-order valence-corrected chi connectivity index (χ2v) is 10.7. The first-order valence-electron chi connectivity index (χ1n) is 12.8. The Morgan fingerprint density at radius 1 is 0.865 bits per heavy atom. The molecule has 3 aromatic carbocycles. The number of ether oxygens (including phenoxy) is 2. The van der Waals surface area contributed by atoms with Crippen LogP contribution in [-0.2, 0) is 4.79 Å². The van der Waals surface area contributed by atoms with Crippen LogP contribution in [0.15, 0.2) is 54.6 Å². The zero-order valence-corrected chi connectivity index (χ0v) is 22.4. The van der Waals surface area contributed by atoms with Crippen LogP contribution in [0.5, 0.6) is 11.5 Å². The Morgan fingerprint density at radius 3 is 2.22 bits per heavy atom. The van der Waals surface area contributed by atoms with Gasteiger partial charge in [-0.15, -0.1) is 0 Å². The number of benzene rings is 3. The number of carboxylic acid groups (broad SMARTS) is 1. The molecule has 1 atom stereocenters. The minimum Gasteiger partial charge on any atom is -0.497 e. The normalized spacial score (nSPS) is 19.1. The van der Waals surface area contributed by atoms with Crippen molar-refractivity contribution >= 4 is 39.9 Å². The molecular formula is C29H32Cl2N2O4. The summed E-state index contributed by atoms with van der Waals surface area (Å²) in [7, 11) is 1.65. The fraction of sp³-hybridized carbons (Fsp3) is 0.414. The van der Waals surface area contributed by atoms with E-state index in [0.29, 0.717) is 16.1 Å². The molecule has 1 unspecified atom stereocenters. The highest BCUT2D eigenvalue weighted by atomic mass is 35.5. The molecule has 37 heavy (non-hydrogen) atoms. The van der Waals surface area contributed by atoms with Crippen LogP contribution in [0.2, 0.25) is 10.0 Å². The summed E-state index contributed by atoms with van der Waals surface area (Å²) in [6.45, 7) is 3.49. The van der Waals surface area contributed by atoms with Gasteiger partial charge in [0.25, 0.3) is 0 Å². The average molecular weight is 543 g/mol. The predicted octanol–water partition coefficient (Wildman–Crippen LogP) is 6.29. The standard InChI is InChI=1S/C29H32Cl2N2O4/c1-36-24-5-4-19-16-21(3-2-20(19)17-24)28(29(34)35)33-12-8-22(9-13-33)32-14-10-23(11-15-32)37-25-6-7-26(30)27(31)18-25/h2-7,16-18,22-23,28H,8-15H2,1H3,(H,34,35). The summed E-state index contributed by atoms with van der Waals surface area (Å²) in [6.07, 6.45) is 4.01. The topological polar surface area (TPSA) is 62.2 Å². The number of halogens is 2. The van der Waals surface area contributed by atoms with E-state index >= 15 is 0 Å². The Morgan fingerprint density at radius 2 is 1.54 bits per heavy atom. The fourth-order valence-electron chi connectivity index (χ4n) is 5.66. The van der Waals surface area contributed by atoms with Crippen molar-refractivity contribution in [3.8, 4) is 11.5 Å². The van der Waals surface area contributed by atoms with Crippen molar-refractivity contribution in [2.45, 2.75) is 43.9 Å². The quantitative estimate of drug-likeness (QED) is 0.378. The number of carboxylic acids is 1. The van der Waals surface area contributed by atoms with E-state index in [1.54, 1.807) is 19.2 Å². The Kier molecular flexibility index (Phi) is 8.10. The number of rotatable bonds is 7. The summed E-state index contributed by atoms with van der Waals surface area (Å²) >= 11 is 12.1. The van der Waals surface area contributed by atoms with E-state index in [2.05, 4.69) is 9.80 Å². The Labute approximate surface area is 227 Å². The smallest absolute Gasteiger partial charge is 0.325 e. The molecule has 0 bridgehead atoms. The van der Waals surface area contributed by atoms with Gasteiger partial charge in [0, 0.05) is 38.3 Å². The van der Waals surface area contributed by atoms with Gasteiger partial charge in [-0.1, -0.05) is 41.4 Å². The zero-order valence-electron chi connectivity index (χ0n) is 20.9. The van der Waals surface area contributed by atoms with Gasteiger partial charge in [0.15, 0.2) is 0 Å². The molecule has 0 aromatic heterocycles. The molecule has 0 aliphatic carbocycles. The van der Waals surface area contributed by atoms with Crippen LogP contribution in [0.1, 0.15) is 37.3 Å². The molecule has 5 rings (SSSR count). The van der Waals surface area contributed by atoms with Crippen LogP contribution in [-0.4, -0.2) is 66.3 Å². The van der Waals surface area contributed by atoms with Gasteiger partial charge in [0.05, 0.1) is 17.2 Å². The first kappa shape index (κ1) is 26.1. The number of hydrogen-bond acceptors (Lipinski definition) is 5. The van der Waals surface area contributed by atoms with Gasteiger partial charge in [0.1, 0.15) is 23.6 Å². The zero-order chi connectivity index (χ0) is 25.9. The van der Waals surface area contributed by atoms with Crippen molar-refractivity contribution in [3.63, 3.8) is 0 Å². The SMILES string of the molecule is COc1ccc2cc(C(C(=O)O)N3CCC(N4CCC(Oc5ccc(Cl)c(Cl)c5)CC4)CC3)ccc2c1. The molecule has 0 radical (unpaired) electrons. The molecule has 196 valence electrons. The van der Waals surface area contributed by atoms with Crippen molar-refractivity contribution in [1.29, 1.82) is 0 Å². The lowest BCUT2D eigenvalue weighted by Gasteiger charge is -2.43. The lowest BCUT2D eigenvalue weighted by Crippen LogP contribution is -2.50. The van der Waals surface area contributed by atoms with E-state index in [-0.39, 0.29) is 6.10 Å². The van der Waals surface area contributed by atoms with Gasteiger partial charge >= 0.3 is 5.97 Å². The Bertz CT molecular complexity index is 1250. The molecule has 1 N–H and O–H groups in total. The third-order valence-corrected chi connectivity index (χ3v) is 8.41. The average Bonchev–Trinajstić information content (AvgIpc) is 2.91. The molecule has 2 heterocycles. The second kappa shape index (κ2) is 11.5. The van der Waals surface area contributed by atoms with Crippen LogP contribution in [0, 0.1) is 0 Å². The van der Waals surface area contributed by atoms with Crippen molar-refractivity contribution < 1.29 is 19.4 Å². The van der Waals surface area contributed by atoms with Gasteiger partial charge in [0.2, 0.25) is 0 Å². The molecule has 2 aliphatic heterocycles. The lowest BCUT2D eigenvalue weighted by molar-refractivity contribution is -0.144. The third kappa shape index (κ3) is 5.99. The number of piperidine rings is 2. The number of hydrogen-bond donors (Lipinski definition) is 1. The maximum Gasteiger partial charge on any atom is 0.325 e. The van der Waals surface area contributed by atoms with E-state index in [0.717, 1.165) is 79.7 Å². The number of aliphatic carboxylic acids is 1. The molecule has 0 spiro atoms. The van der Waals surface area contributed by atoms with Crippen LogP contribution in [0.25, 0.3) is 10.8 Å². The largest absolute Gasteiger partial charge is 0.497 e. The van der Waals surface area contributed by atoms with E-state index in [9.17, 15) is 9.90 Å². The van der Waals surface area contributed by atoms with Crippen molar-refractivity contribution in [1.82, 2.24) is 9.80 Å². The van der Waals surface area contributed by atoms with Crippen molar-refractivity contribution in [2.75, 3.05) is 33.3 Å².